The van der Waals surface area contributed by atoms with Crippen molar-refractivity contribution >= 4 is 28.6 Å². The highest BCUT2D eigenvalue weighted by molar-refractivity contribution is 5.92. The summed E-state index contributed by atoms with van der Waals surface area (Å²) >= 11 is 0. The van der Waals surface area contributed by atoms with Gasteiger partial charge in [0.2, 0.25) is 11.4 Å². The number of halogens is 3. The van der Waals surface area contributed by atoms with Gasteiger partial charge >= 0.3 is 12.1 Å². The molecule has 2 aromatic carbocycles. The van der Waals surface area contributed by atoms with Crippen molar-refractivity contribution in [3.05, 3.63) is 87.8 Å². The monoisotopic (exact) mass is 551 g/mol. The largest absolute Gasteiger partial charge is 0.477 e. The van der Waals surface area contributed by atoms with E-state index in [1.54, 1.807) is 0 Å². The molecule has 1 aliphatic heterocycles. The van der Waals surface area contributed by atoms with Gasteiger partial charge in [-0.25, -0.2) is 9.78 Å². The first-order valence-corrected chi connectivity index (χ1v) is 13.0. The molecule has 1 fully saturated rings. The molecule has 1 aliphatic rings. The van der Waals surface area contributed by atoms with Crippen molar-refractivity contribution in [3.8, 4) is 5.69 Å². The summed E-state index contributed by atoms with van der Waals surface area (Å²) < 4.78 is 40.5. The van der Waals surface area contributed by atoms with E-state index in [4.69, 9.17) is 0 Å². The van der Waals surface area contributed by atoms with E-state index in [2.05, 4.69) is 46.2 Å². The SMILES string of the molecule is CC(C)N1CCC(c2ccc(Nc3ncc4c(=O)c(C(=O)O)cn(-c5ccc(C(F)(F)F)cc5)c4n3)cc2)CC1. The number of carboxylic acid groups (broad SMARTS) is 1. The molecule has 2 N–H and O–H groups in total. The first-order valence-electron chi connectivity index (χ1n) is 13.0. The molecule has 4 aromatic rings. The van der Waals surface area contributed by atoms with Crippen LogP contribution in [-0.2, 0) is 6.18 Å². The van der Waals surface area contributed by atoms with Crippen LogP contribution in [0.3, 0.4) is 0 Å². The van der Waals surface area contributed by atoms with E-state index < -0.39 is 28.7 Å². The minimum Gasteiger partial charge on any atom is -0.477 e. The predicted octanol–water partition coefficient (Wildman–Crippen LogP) is 5.83. The van der Waals surface area contributed by atoms with Crippen LogP contribution >= 0.6 is 0 Å². The van der Waals surface area contributed by atoms with Gasteiger partial charge in [-0.3, -0.25) is 4.79 Å². The molecule has 0 radical (unpaired) electrons. The van der Waals surface area contributed by atoms with Crippen molar-refractivity contribution in [1.29, 1.82) is 0 Å². The van der Waals surface area contributed by atoms with Crippen LogP contribution in [-0.4, -0.2) is 49.6 Å². The number of carbonyl (C=O) groups is 1. The second kappa shape index (κ2) is 10.7. The molecule has 2 aromatic heterocycles. The Labute approximate surface area is 228 Å². The summed E-state index contributed by atoms with van der Waals surface area (Å²) in [7, 11) is 0. The van der Waals surface area contributed by atoms with Crippen molar-refractivity contribution < 1.29 is 23.1 Å². The van der Waals surface area contributed by atoms with Crippen LogP contribution in [0.1, 0.15) is 54.1 Å². The molecule has 3 heterocycles. The summed E-state index contributed by atoms with van der Waals surface area (Å²) in [4.78, 5) is 35.6. The molecule has 0 unspecified atom stereocenters. The van der Waals surface area contributed by atoms with Crippen molar-refractivity contribution in [2.24, 2.45) is 0 Å². The van der Waals surface area contributed by atoms with Gasteiger partial charge in [0.25, 0.3) is 0 Å². The number of pyridine rings is 1. The maximum absolute atomic E-state index is 13.1. The molecular formula is C29H28F3N5O3. The quantitative estimate of drug-likeness (QED) is 0.311. The van der Waals surface area contributed by atoms with E-state index in [0.717, 1.165) is 44.3 Å². The molecule has 0 aliphatic carbocycles. The van der Waals surface area contributed by atoms with E-state index in [0.29, 0.717) is 17.6 Å². The predicted molar refractivity (Wildman–Crippen MR) is 146 cm³/mol. The van der Waals surface area contributed by atoms with Crippen LogP contribution in [0, 0.1) is 0 Å². The lowest BCUT2D eigenvalue weighted by atomic mass is 9.89. The molecule has 0 atom stereocenters. The Kier molecular flexibility index (Phi) is 7.33. The normalized spacial score (nSPS) is 15.1. The highest BCUT2D eigenvalue weighted by atomic mass is 19.4. The maximum Gasteiger partial charge on any atom is 0.416 e. The molecule has 0 spiro atoms. The van der Waals surface area contributed by atoms with Gasteiger partial charge in [0.15, 0.2) is 5.65 Å². The minimum atomic E-state index is -4.53. The number of nitrogens with one attached hydrogen (secondary N) is 1. The highest BCUT2D eigenvalue weighted by Gasteiger charge is 2.30. The molecule has 0 saturated carbocycles. The number of carboxylic acids is 1. The number of piperidine rings is 1. The van der Waals surface area contributed by atoms with E-state index in [-0.39, 0.29) is 22.7 Å². The zero-order valence-electron chi connectivity index (χ0n) is 21.9. The summed E-state index contributed by atoms with van der Waals surface area (Å²) in [6, 6.07) is 12.7. The number of rotatable bonds is 6. The van der Waals surface area contributed by atoms with Gasteiger partial charge in [-0.15, -0.1) is 0 Å². The van der Waals surface area contributed by atoms with Crippen molar-refractivity contribution in [2.45, 2.75) is 44.8 Å². The number of anilines is 2. The summed E-state index contributed by atoms with van der Waals surface area (Å²) in [5, 5.41) is 12.6. The van der Waals surface area contributed by atoms with Gasteiger partial charge < -0.3 is 19.9 Å². The van der Waals surface area contributed by atoms with E-state index in [9.17, 15) is 27.9 Å². The molecule has 40 heavy (non-hydrogen) atoms. The average Bonchev–Trinajstić information content (AvgIpc) is 2.93. The number of fused-ring (bicyclic) bond motifs is 1. The zero-order valence-corrected chi connectivity index (χ0v) is 21.9. The Morgan fingerprint density at radius 2 is 1.70 bits per heavy atom. The third-order valence-electron chi connectivity index (χ3n) is 7.35. The van der Waals surface area contributed by atoms with Gasteiger partial charge in [-0.2, -0.15) is 18.2 Å². The Bertz CT molecular complexity index is 1590. The maximum atomic E-state index is 13.1. The molecule has 11 heteroatoms. The number of alkyl halides is 3. The Balaban J connectivity index is 1.45. The third-order valence-corrected chi connectivity index (χ3v) is 7.35. The van der Waals surface area contributed by atoms with Crippen molar-refractivity contribution in [3.63, 3.8) is 0 Å². The number of hydrogen-bond donors (Lipinski definition) is 2. The molecule has 0 bridgehead atoms. The summed E-state index contributed by atoms with van der Waals surface area (Å²) in [5.74, 6) is -0.832. The fourth-order valence-corrected chi connectivity index (χ4v) is 5.05. The lowest BCUT2D eigenvalue weighted by molar-refractivity contribution is -0.137. The smallest absolute Gasteiger partial charge is 0.416 e. The van der Waals surface area contributed by atoms with Gasteiger partial charge in [0, 0.05) is 29.8 Å². The highest BCUT2D eigenvalue weighted by Crippen LogP contribution is 2.31. The van der Waals surface area contributed by atoms with E-state index in [1.807, 2.05) is 12.1 Å². The van der Waals surface area contributed by atoms with Crippen LogP contribution in [0.15, 0.2) is 65.7 Å². The molecule has 208 valence electrons. The summed E-state index contributed by atoms with van der Waals surface area (Å²) in [6.45, 7) is 6.56. The van der Waals surface area contributed by atoms with Crippen LogP contribution in [0.25, 0.3) is 16.7 Å². The van der Waals surface area contributed by atoms with Crippen LogP contribution in [0.5, 0.6) is 0 Å². The molecule has 1 saturated heterocycles. The van der Waals surface area contributed by atoms with Gasteiger partial charge in [-0.05, 0) is 87.7 Å². The van der Waals surface area contributed by atoms with E-state index in [1.165, 1.54) is 28.5 Å². The van der Waals surface area contributed by atoms with Crippen molar-refractivity contribution in [2.75, 3.05) is 18.4 Å². The van der Waals surface area contributed by atoms with Crippen LogP contribution in [0.4, 0.5) is 24.8 Å². The fraction of sp³-hybridized carbons (Fsp3) is 0.310. The number of nitrogens with zero attached hydrogens (tertiary/aromatic N) is 4. The Morgan fingerprint density at radius 1 is 1.05 bits per heavy atom. The van der Waals surface area contributed by atoms with Gasteiger partial charge in [0.1, 0.15) is 5.56 Å². The lowest BCUT2D eigenvalue weighted by Crippen LogP contribution is -2.37. The number of hydrogen-bond acceptors (Lipinski definition) is 6. The molecular weight excluding hydrogens is 523 g/mol. The second-order valence-corrected chi connectivity index (χ2v) is 10.2. The van der Waals surface area contributed by atoms with Gasteiger partial charge in [-0.1, -0.05) is 12.1 Å². The third kappa shape index (κ3) is 5.55. The fourth-order valence-electron chi connectivity index (χ4n) is 5.05. The molecule has 8 nitrogen and oxygen atoms in total. The molecule has 0 amide bonds. The minimum absolute atomic E-state index is 0.0563. The standard InChI is InChI=1S/C29H28F3N5O3/c1-17(2)36-13-11-19(12-14-36)18-3-7-21(8-4-18)34-28-33-15-23-25(38)24(27(39)40)16-37(26(23)35-28)22-9-5-20(6-10-22)29(30,31)32/h3-10,15-17,19H,11-14H2,1-2H3,(H,39,40)(H,33,34,35). The first kappa shape index (κ1) is 27.3. The number of aromatic nitrogens is 3. The zero-order chi connectivity index (χ0) is 28.6. The molecule has 5 rings (SSSR count). The topological polar surface area (TPSA) is 100 Å². The summed E-state index contributed by atoms with van der Waals surface area (Å²) in [6.07, 6.45) is -0.0592. The Hall–Kier alpha value is -4.25. The average molecular weight is 552 g/mol. The van der Waals surface area contributed by atoms with Crippen molar-refractivity contribution in [1.82, 2.24) is 19.4 Å². The lowest BCUT2D eigenvalue weighted by Gasteiger charge is -2.34. The second-order valence-electron chi connectivity index (χ2n) is 10.2. The van der Waals surface area contributed by atoms with Crippen LogP contribution in [0.2, 0.25) is 0 Å². The first-order chi connectivity index (χ1) is 19.0. The Morgan fingerprint density at radius 3 is 2.27 bits per heavy atom. The van der Waals surface area contributed by atoms with E-state index >= 15 is 0 Å². The number of aromatic carboxylic acids is 1. The summed E-state index contributed by atoms with van der Waals surface area (Å²) in [5.41, 5.74) is 0.0420. The van der Waals surface area contributed by atoms with Gasteiger partial charge in [0.05, 0.1) is 10.9 Å². The number of benzene rings is 2. The number of likely N-dealkylation sites (tertiary alicyclic amines) is 1. The van der Waals surface area contributed by atoms with Crippen LogP contribution < -0.4 is 10.7 Å².